The van der Waals surface area contributed by atoms with Crippen LogP contribution in [-0.2, 0) is 0 Å². The van der Waals surface area contributed by atoms with E-state index < -0.39 is 4.92 Å². The van der Waals surface area contributed by atoms with Crippen LogP contribution < -0.4 is 5.73 Å². The number of hydrogen-bond acceptors (Lipinski definition) is 3. The Balaban J connectivity index is 2.25. The highest BCUT2D eigenvalue weighted by Crippen LogP contribution is 2.37. The zero-order valence-corrected chi connectivity index (χ0v) is 11.8. The average molecular weight is 290 g/mol. The number of nitrogen functional groups attached to an aromatic ring is 1. The lowest BCUT2D eigenvalue weighted by atomic mass is 9.93. The SMILES string of the molecule is Nc1ccc(-c2ccccc2-c2ccccc2)c([N+](=O)[O-])c1. The van der Waals surface area contributed by atoms with Crippen molar-refractivity contribution >= 4 is 11.4 Å². The molecule has 4 nitrogen and oxygen atoms in total. The standard InChI is InChI=1S/C18H14N2O2/c19-14-10-11-17(18(12-14)20(21)22)16-9-5-4-8-15(16)13-6-2-1-3-7-13/h1-12H,19H2. The van der Waals surface area contributed by atoms with Gasteiger partial charge in [-0.1, -0.05) is 54.6 Å². The number of hydrogen-bond donors (Lipinski definition) is 1. The summed E-state index contributed by atoms with van der Waals surface area (Å²) in [6.07, 6.45) is 0. The summed E-state index contributed by atoms with van der Waals surface area (Å²) in [7, 11) is 0. The Morgan fingerprint density at radius 2 is 1.41 bits per heavy atom. The number of benzene rings is 3. The summed E-state index contributed by atoms with van der Waals surface area (Å²) in [6.45, 7) is 0. The lowest BCUT2D eigenvalue weighted by Gasteiger charge is -2.11. The maximum Gasteiger partial charge on any atom is 0.279 e. The van der Waals surface area contributed by atoms with Gasteiger partial charge < -0.3 is 5.73 Å². The molecule has 0 aliphatic carbocycles. The Morgan fingerprint density at radius 3 is 2.09 bits per heavy atom. The largest absolute Gasteiger partial charge is 0.399 e. The van der Waals surface area contributed by atoms with Crippen LogP contribution in [0.25, 0.3) is 22.3 Å². The van der Waals surface area contributed by atoms with E-state index in [2.05, 4.69) is 0 Å². The van der Waals surface area contributed by atoms with Crippen molar-refractivity contribution in [2.24, 2.45) is 0 Å². The van der Waals surface area contributed by atoms with Gasteiger partial charge >= 0.3 is 0 Å². The summed E-state index contributed by atoms with van der Waals surface area (Å²) in [5, 5.41) is 11.3. The number of rotatable bonds is 3. The molecule has 22 heavy (non-hydrogen) atoms. The summed E-state index contributed by atoms with van der Waals surface area (Å²) in [5.74, 6) is 0. The second kappa shape index (κ2) is 5.69. The van der Waals surface area contributed by atoms with Gasteiger partial charge in [-0.05, 0) is 28.8 Å². The molecule has 0 radical (unpaired) electrons. The first-order chi connectivity index (χ1) is 10.7. The maximum absolute atomic E-state index is 11.3. The number of anilines is 1. The highest BCUT2D eigenvalue weighted by atomic mass is 16.6. The Kier molecular flexibility index (Phi) is 3.58. The number of nitrogens with two attached hydrogens (primary N) is 1. The van der Waals surface area contributed by atoms with Crippen LogP contribution in [0, 0.1) is 10.1 Å². The van der Waals surface area contributed by atoms with Gasteiger partial charge in [0.2, 0.25) is 0 Å². The van der Waals surface area contributed by atoms with E-state index in [0.29, 0.717) is 11.3 Å². The first kappa shape index (κ1) is 13.8. The van der Waals surface area contributed by atoms with E-state index in [1.165, 1.54) is 6.07 Å². The van der Waals surface area contributed by atoms with Crippen LogP contribution in [0.2, 0.25) is 0 Å². The van der Waals surface area contributed by atoms with Gasteiger partial charge in [0.05, 0.1) is 10.5 Å². The van der Waals surface area contributed by atoms with Gasteiger partial charge in [0.1, 0.15) is 0 Å². The molecule has 0 atom stereocenters. The zero-order valence-electron chi connectivity index (χ0n) is 11.8. The van der Waals surface area contributed by atoms with E-state index in [-0.39, 0.29) is 5.69 Å². The molecule has 0 aliphatic heterocycles. The normalized spacial score (nSPS) is 10.4. The molecule has 3 aromatic carbocycles. The van der Waals surface area contributed by atoms with Crippen molar-refractivity contribution in [2.75, 3.05) is 5.73 Å². The van der Waals surface area contributed by atoms with Crippen LogP contribution in [0.15, 0.2) is 72.8 Å². The van der Waals surface area contributed by atoms with Crippen molar-refractivity contribution in [3.05, 3.63) is 82.9 Å². The molecule has 0 spiro atoms. The van der Waals surface area contributed by atoms with Crippen LogP contribution >= 0.6 is 0 Å². The second-order valence-corrected chi connectivity index (χ2v) is 4.95. The monoisotopic (exact) mass is 290 g/mol. The first-order valence-corrected chi connectivity index (χ1v) is 6.85. The minimum Gasteiger partial charge on any atom is -0.399 e. The quantitative estimate of drug-likeness (QED) is 0.438. The van der Waals surface area contributed by atoms with Crippen molar-refractivity contribution in [1.29, 1.82) is 0 Å². The number of nitro groups is 1. The fraction of sp³-hybridized carbons (Fsp3) is 0. The molecular formula is C18H14N2O2. The highest BCUT2D eigenvalue weighted by molar-refractivity contribution is 5.88. The van der Waals surface area contributed by atoms with Gasteiger partial charge in [-0.3, -0.25) is 10.1 Å². The van der Waals surface area contributed by atoms with Crippen molar-refractivity contribution in [2.45, 2.75) is 0 Å². The third-order valence-electron chi connectivity index (χ3n) is 3.52. The van der Waals surface area contributed by atoms with Gasteiger partial charge in [0.25, 0.3) is 5.69 Å². The molecule has 108 valence electrons. The predicted octanol–water partition coefficient (Wildman–Crippen LogP) is 4.51. The highest BCUT2D eigenvalue weighted by Gasteiger charge is 2.18. The Bertz CT molecular complexity index is 830. The fourth-order valence-corrected chi connectivity index (χ4v) is 2.51. The van der Waals surface area contributed by atoms with Gasteiger partial charge in [0.15, 0.2) is 0 Å². The minimum absolute atomic E-state index is 0.0170. The molecule has 2 N–H and O–H groups in total. The predicted molar refractivity (Wildman–Crippen MR) is 88.4 cm³/mol. The second-order valence-electron chi connectivity index (χ2n) is 4.95. The smallest absolute Gasteiger partial charge is 0.279 e. The molecule has 0 unspecified atom stereocenters. The van der Waals surface area contributed by atoms with Gasteiger partial charge in [-0.25, -0.2) is 0 Å². The Hall–Kier alpha value is -3.14. The van der Waals surface area contributed by atoms with E-state index >= 15 is 0 Å². The van der Waals surface area contributed by atoms with Gasteiger partial charge in [-0.2, -0.15) is 0 Å². The Morgan fingerprint density at radius 1 is 0.773 bits per heavy atom. The first-order valence-electron chi connectivity index (χ1n) is 6.85. The summed E-state index contributed by atoms with van der Waals surface area (Å²) in [5.41, 5.74) is 9.45. The van der Waals surface area contributed by atoms with Crippen LogP contribution in [0.1, 0.15) is 0 Å². The molecule has 0 heterocycles. The van der Waals surface area contributed by atoms with E-state index in [1.54, 1.807) is 12.1 Å². The van der Waals surface area contributed by atoms with Crippen LogP contribution in [0.5, 0.6) is 0 Å². The molecule has 0 bridgehead atoms. The number of nitrogens with zero attached hydrogens (tertiary/aromatic N) is 1. The molecule has 0 aromatic heterocycles. The molecule has 0 fully saturated rings. The van der Waals surface area contributed by atoms with Gasteiger partial charge in [0, 0.05) is 11.8 Å². The van der Waals surface area contributed by atoms with Crippen molar-refractivity contribution in [1.82, 2.24) is 0 Å². The molecule has 0 saturated heterocycles. The third kappa shape index (κ3) is 2.54. The number of nitro benzene ring substituents is 1. The lowest BCUT2D eigenvalue weighted by molar-refractivity contribution is -0.384. The molecule has 0 aliphatic rings. The average Bonchev–Trinajstić information content (AvgIpc) is 2.55. The molecule has 3 aromatic rings. The summed E-state index contributed by atoms with van der Waals surface area (Å²) in [6, 6.07) is 22.3. The van der Waals surface area contributed by atoms with E-state index in [4.69, 9.17) is 5.73 Å². The lowest BCUT2D eigenvalue weighted by Crippen LogP contribution is -1.95. The van der Waals surface area contributed by atoms with Crippen LogP contribution in [0.4, 0.5) is 11.4 Å². The molecular weight excluding hydrogens is 276 g/mol. The van der Waals surface area contributed by atoms with Crippen molar-refractivity contribution in [3.8, 4) is 22.3 Å². The van der Waals surface area contributed by atoms with Crippen LogP contribution in [-0.4, -0.2) is 4.92 Å². The van der Waals surface area contributed by atoms with E-state index in [1.807, 2.05) is 54.6 Å². The van der Waals surface area contributed by atoms with E-state index in [9.17, 15) is 10.1 Å². The fourth-order valence-electron chi connectivity index (χ4n) is 2.51. The summed E-state index contributed by atoms with van der Waals surface area (Å²) < 4.78 is 0. The van der Waals surface area contributed by atoms with E-state index in [0.717, 1.165) is 16.7 Å². The topological polar surface area (TPSA) is 69.2 Å². The zero-order chi connectivity index (χ0) is 15.5. The minimum atomic E-state index is -0.395. The summed E-state index contributed by atoms with van der Waals surface area (Å²) in [4.78, 5) is 10.9. The third-order valence-corrected chi connectivity index (χ3v) is 3.52. The van der Waals surface area contributed by atoms with Crippen molar-refractivity contribution in [3.63, 3.8) is 0 Å². The van der Waals surface area contributed by atoms with Gasteiger partial charge in [-0.15, -0.1) is 0 Å². The van der Waals surface area contributed by atoms with Crippen LogP contribution in [0.3, 0.4) is 0 Å². The molecule has 0 saturated carbocycles. The summed E-state index contributed by atoms with van der Waals surface area (Å²) >= 11 is 0. The maximum atomic E-state index is 11.3. The Labute approximate surface area is 128 Å². The molecule has 3 rings (SSSR count). The van der Waals surface area contributed by atoms with Crippen molar-refractivity contribution < 1.29 is 4.92 Å². The molecule has 4 heteroatoms. The molecule has 0 amide bonds.